The van der Waals surface area contributed by atoms with Crippen LogP contribution in [0.2, 0.25) is 0 Å². The lowest BCUT2D eigenvalue weighted by molar-refractivity contribution is -0.136. The third-order valence-corrected chi connectivity index (χ3v) is 4.50. The number of aryl methyl sites for hydroxylation is 1. The van der Waals surface area contributed by atoms with Gasteiger partial charge in [-0.2, -0.15) is 0 Å². The van der Waals surface area contributed by atoms with E-state index in [9.17, 15) is 4.79 Å². The highest BCUT2D eigenvalue weighted by atomic mass is 16.2. The number of hydrogen-bond donors (Lipinski definition) is 1. The fourth-order valence-electron chi connectivity index (χ4n) is 3.47. The highest BCUT2D eigenvalue weighted by molar-refractivity contribution is 5.82. The molecule has 3 rings (SSSR count). The highest BCUT2D eigenvalue weighted by Gasteiger charge is 2.28. The number of likely N-dealkylation sites (tertiary alicyclic amines) is 1. The van der Waals surface area contributed by atoms with Crippen molar-refractivity contribution >= 4 is 16.9 Å². The van der Waals surface area contributed by atoms with Crippen molar-refractivity contribution in [1.82, 2.24) is 14.9 Å². The number of nitrogens with zero attached hydrogens (tertiary/aromatic N) is 2. The minimum absolute atomic E-state index is 0.241. The Bertz CT molecular complexity index is 651. The molecule has 1 aliphatic heterocycles. The maximum absolute atomic E-state index is 12.6. The maximum Gasteiger partial charge on any atom is 0.227 e. The van der Waals surface area contributed by atoms with Crippen molar-refractivity contribution in [2.75, 3.05) is 0 Å². The summed E-state index contributed by atoms with van der Waals surface area (Å²) in [6, 6.07) is 6.77. The summed E-state index contributed by atoms with van der Waals surface area (Å²) < 4.78 is 0. The molecular formula is C17H23N3O. The molecule has 1 saturated heterocycles. The molecule has 2 heterocycles. The lowest BCUT2D eigenvalue weighted by atomic mass is 9.96. The van der Waals surface area contributed by atoms with E-state index < -0.39 is 0 Å². The van der Waals surface area contributed by atoms with Crippen molar-refractivity contribution < 1.29 is 4.79 Å². The van der Waals surface area contributed by atoms with E-state index in [1.54, 1.807) is 0 Å². The minimum atomic E-state index is 0.241. The predicted octanol–water partition coefficient (Wildman–Crippen LogP) is 3.20. The van der Waals surface area contributed by atoms with Gasteiger partial charge in [0.1, 0.15) is 5.82 Å². The summed E-state index contributed by atoms with van der Waals surface area (Å²) in [5.41, 5.74) is 3.03. The van der Waals surface area contributed by atoms with E-state index in [1.807, 2.05) is 25.1 Å². The van der Waals surface area contributed by atoms with Crippen LogP contribution in [-0.2, 0) is 11.2 Å². The molecule has 2 aromatic rings. The van der Waals surface area contributed by atoms with Crippen molar-refractivity contribution in [2.24, 2.45) is 0 Å². The van der Waals surface area contributed by atoms with Gasteiger partial charge in [-0.05, 0) is 57.7 Å². The highest BCUT2D eigenvalue weighted by Crippen LogP contribution is 2.24. The number of H-pyrrole nitrogens is 1. The van der Waals surface area contributed by atoms with Crippen molar-refractivity contribution in [2.45, 2.75) is 58.5 Å². The molecule has 0 bridgehead atoms. The number of amides is 1. The molecule has 112 valence electrons. The molecule has 2 atom stereocenters. The molecule has 0 radical (unpaired) electrons. The first kappa shape index (κ1) is 14.1. The summed E-state index contributed by atoms with van der Waals surface area (Å²) in [5.74, 6) is 1.15. The smallest absolute Gasteiger partial charge is 0.227 e. The van der Waals surface area contributed by atoms with Crippen molar-refractivity contribution in [3.63, 3.8) is 0 Å². The number of hydrogen-bond acceptors (Lipinski definition) is 2. The molecule has 1 aliphatic rings. The van der Waals surface area contributed by atoms with Gasteiger partial charge in [-0.25, -0.2) is 4.98 Å². The second-order valence-electron chi connectivity index (χ2n) is 6.28. The van der Waals surface area contributed by atoms with Gasteiger partial charge in [-0.1, -0.05) is 6.07 Å². The standard InChI is InChI=1S/C17H23N3O/c1-11-5-4-6-12(2)20(11)17(21)10-14-7-8-15-16(9-14)19-13(3)18-15/h7-9,11-12H,4-6,10H2,1-3H3,(H,18,19). The van der Waals surface area contributed by atoms with E-state index in [1.165, 1.54) is 6.42 Å². The third kappa shape index (κ3) is 2.80. The summed E-state index contributed by atoms with van der Waals surface area (Å²) in [6.45, 7) is 6.27. The van der Waals surface area contributed by atoms with Crippen LogP contribution in [0.5, 0.6) is 0 Å². The zero-order chi connectivity index (χ0) is 15.0. The SMILES string of the molecule is Cc1nc2ccc(CC(=O)N3C(C)CCCC3C)cc2[nH]1. The number of fused-ring (bicyclic) bond motifs is 1. The summed E-state index contributed by atoms with van der Waals surface area (Å²) >= 11 is 0. The number of aromatic nitrogens is 2. The fraction of sp³-hybridized carbons (Fsp3) is 0.529. The van der Waals surface area contributed by atoms with Crippen LogP contribution in [0.4, 0.5) is 0 Å². The van der Waals surface area contributed by atoms with Crippen LogP contribution in [0.1, 0.15) is 44.5 Å². The molecule has 1 amide bonds. The second-order valence-corrected chi connectivity index (χ2v) is 6.28. The molecule has 21 heavy (non-hydrogen) atoms. The lowest BCUT2D eigenvalue weighted by Crippen LogP contribution is -2.48. The molecule has 1 aromatic heterocycles. The first-order valence-corrected chi connectivity index (χ1v) is 7.81. The fourth-order valence-corrected chi connectivity index (χ4v) is 3.47. The van der Waals surface area contributed by atoms with E-state index in [0.29, 0.717) is 18.5 Å². The predicted molar refractivity (Wildman–Crippen MR) is 84.2 cm³/mol. The number of piperidine rings is 1. The normalized spacial score (nSPS) is 22.7. The quantitative estimate of drug-likeness (QED) is 0.921. The van der Waals surface area contributed by atoms with Gasteiger partial charge < -0.3 is 9.88 Å². The van der Waals surface area contributed by atoms with Crippen molar-refractivity contribution in [1.29, 1.82) is 0 Å². The van der Waals surface area contributed by atoms with Gasteiger partial charge in [0, 0.05) is 12.1 Å². The van der Waals surface area contributed by atoms with Gasteiger partial charge in [-0.3, -0.25) is 4.79 Å². The van der Waals surface area contributed by atoms with E-state index in [4.69, 9.17) is 0 Å². The molecule has 1 aromatic carbocycles. The number of rotatable bonds is 2. The Kier molecular flexibility index (Phi) is 3.70. The zero-order valence-electron chi connectivity index (χ0n) is 13.0. The average Bonchev–Trinajstić information content (AvgIpc) is 2.77. The van der Waals surface area contributed by atoms with Gasteiger partial charge in [0.15, 0.2) is 0 Å². The Morgan fingerprint density at radius 3 is 2.76 bits per heavy atom. The number of imidazole rings is 1. The summed E-state index contributed by atoms with van der Waals surface area (Å²) in [7, 11) is 0. The second kappa shape index (κ2) is 5.51. The van der Waals surface area contributed by atoms with Crippen LogP contribution in [0.25, 0.3) is 11.0 Å². The number of benzene rings is 1. The average molecular weight is 285 g/mol. The Morgan fingerprint density at radius 2 is 2.05 bits per heavy atom. The van der Waals surface area contributed by atoms with Gasteiger partial charge in [0.25, 0.3) is 0 Å². The number of carbonyl (C=O) groups is 1. The molecule has 2 unspecified atom stereocenters. The largest absolute Gasteiger partial charge is 0.342 e. The summed E-state index contributed by atoms with van der Waals surface area (Å²) in [4.78, 5) is 22.3. The van der Waals surface area contributed by atoms with E-state index in [0.717, 1.165) is 35.3 Å². The Balaban J connectivity index is 1.78. The molecule has 0 aliphatic carbocycles. The van der Waals surface area contributed by atoms with E-state index >= 15 is 0 Å². The van der Waals surface area contributed by atoms with Crippen molar-refractivity contribution in [3.8, 4) is 0 Å². The number of carbonyl (C=O) groups excluding carboxylic acids is 1. The third-order valence-electron chi connectivity index (χ3n) is 4.50. The van der Waals surface area contributed by atoms with Gasteiger partial charge in [0.05, 0.1) is 17.5 Å². The molecule has 4 nitrogen and oxygen atoms in total. The molecule has 1 N–H and O–H groups in total. The van der Waals surface area contributed by atoms with Crippen LogP contribution in [0.15, 0.2) is 18.2 Å². The monoisotopic (exact) mass is 285 g/mol. The topological polar surface area (TPSA) is 49.0 Å². The molecule has 0 saturated carbocycles. The number of aromatic amines is 1. The Labute approximate surface area is 125 Å². The first-order chi connectivity index (χ1) is 10.0. The van der Waals surface area contributed by atoms with Crippen LogP contribution < -0.4 is 0 Å². The lowest BCUT2D eigenvalue weighted by Gasteiger charge is -2.39. The maximum atomic E-state index is 12.6. The molecule has 4 heteroatoms. The first-order valence-electron chi connectivity index (χ1n) is 7.81. The summed E-state index contributed by atoms with van der Waals surface area (Å²) in [5, 5.41) is 0. The van der Waals surface area contributed by atoms with Crippen LogP contribution in [-0.4, -0.2) is 32.9 Å². The molecular weight excluding hydrogens is 262 g/mol. The zero-order valence-corrected chi connectivity index (χ0v) is 13.0. The van der Waals surface area contributed by atoms with Crippen molar-refractivity contribution in [3.05, 3.63) is 29.6 Å². The van der Waals surface area contributed by atoms with Gasteiger partial charge >= 0.3 is 0 Å². The van der Waals surface area contributed by atoms with E-state index in [-0.39, 0.29) is 5.91 Å². The number of nitrogens with one attached hydrogen (secondary N) is 1. The molecule has 0 spiro atoms. The van der Waals surface area contributed by atoms with Crippen LogP contribution in [0, 0.1) is 6.92 Å². The Morgan fingerprint density at radius 1 is 1.33 bits per heavy atom. The minimum Gasteiger partial charge on any atom is -0.342 e. The van der Waals surface area contributed by atoms with Crippen LogP contribution >= 0.6 is 0 Å². The van der Waals surface area contributed by atoms with Gasteiger partial charge in [-0.15, -0.1) is 0 Å². The Hall–Kier alpha value is -1.84. The van der Waals surface area contributed by atoms with E-state index in [2.05, 4.69) is 28.7 Å². The van der Waals surface area contributed by atoms with Crippen LogP contribution in [0.3, 0.4) is 0 Å². The summed E-state index contributed by atoms with van der Waals surface area (Å²) in [6.07, 6.45) is 3.94. The molecule has 1 fully saturated rings. The van der Waals surface area contributed by atoms with Gasteiger partial charge in [0.2, 0.25) is 5.91 Å².